The van der Waals surface area contributed by atoms with Gasteiger partial charge in [-0.1, -0.05) is 24.3 Å². The van der Waals surface area contributed by atoms with E-state index in [0.717, 1.165) is 44.8 Å². The van der Waals surface area contributed by atoms with Crippen LogP contribution in [0.4, 0.5) is 6.01 Å². The SMILES string of the molecule is c1ccc(C2CCN(C3COC4(C3)CN(c3ncco3)C4)CC2)c(-c2cncnc2)c1. The summed E-state index contributed by atoms with van der Waals surface area (Å²) in [5.74, 6) is 0.577. The van der Waals surface area contributed by atoms with E-state index < -0.39 is 0 Å². The number of likely N-dealkylation sites (tertiary alicyclic amines) is 1. The first-order chi connectivity index (χ1) is 15.3. The number of hydrogen-bond acceptors (Lipinski definition) is 7. The van der Waals surface area contributed by atoms with Crippen LogP contribution in [-0.2, 0) is 4.74 Å². The van der Waals surface area contributed by atoms with Gasteiger partial charge in [0.15, 0.2) is 0 Å². The average molecular weight is 418 g/mol. The molecule has 7 heteroatoms. The third-order valence-corrected chi connectivity index (χ3v) is 7.16. The molecule has 0 radical (unpaired) electrons. The zero-order chi connectivity index (χ0) is 20.7. The maximum atomic E-state index is 6.29. The van der Waals surface area contributed by atoms with Gasteiger partial charge in [0.2, 0.25) is 0 Å². The van der Waals surface area contributed by atoms with E-state index in [4.69, 9.17) is 9.15 Å². The van der Waals surface area contributed by atoms with Gasteiger partial charge in [-0.05, 0) is 49.4 Å². The fourth-order valence-corrected chi connectivity index (χ4v) is 5.56. The van der Waals surface area contributed by atoms with Gasteiger partial charge in [-0.3, -0.25) is 4.90 Å². The van der Waals surface area contributed by atoms with Gasteiger partial charge in [0, 0.05) is 24.0 Å². The van der Waals surface area contributed by atoms with Crippen LogP contribution in [0.25, 0.3) is 11.1 Å². The van der Waals surface area contributed by atoms with Gasteiger partial charge in [-0.15, -0.1) is 0 Å². The second kappa shape index (κ2) is 7.73. The summed E-state index contributed by atoms with van der Waals surface area (Å²) in [7, 11) is 0. The minimum Gasteiger partial charge on any atom is -0.432 e. The molecule has 3 fully saturated rings. The van der Waals surface area contributed by atoms with Gasteiger partial charge in [-0.2, -0.15) is 0 Å². The summed E-state index contributed by atoms with van der Waals surface area (Å²) in [5.41, 5.74) is 3.78. The average Bonchev–Trinajstić information content (AvgIpc) is 3.49. The Balaban J connectivity index is 1.08. The van der Waals surface area contributed by atoms with Crippen LogP contribution in [0.1, 0.15) is 30.7 Å². The lowest BCUT2D eigenvalue weighted by Gasteiger charge is -2.46. The quantitative estimate of drug-likeness (QED) is 0.645. The predicted octanol–water partition coefficient (Wildman–Crippen LogP) is 3.36. The zero-order valence-corrected chi connectivity index (χ0v) is 17.6. The predicted molar refractivity (Wildman–Crippen MR) is 117 cm³/mol. The van der Waals surface area contributed by atoms with Gasteiger partial charge in [-0.25, -0.2) is 15.0 Å². The fraction of sp³-hybridized carbons (Fsp3) is 0.458. The molecule has 1 aromatic carbocycles. The van der Waals surface area contributed by atoms with Crippen LogP contribution in [0, 0.1) is 0 Å². The van der Waals surface area contributed by atoms with Crippen LogP contribution in [0.15, 0.2) is 59.9 Å². The highest BCUT2D eigenvalue weighted by atomic mass is 16.5. The molecule has 1 spiro atoms. The van der Waals surface area contributed by atoms with Crippen molar-refractivity contribution < 1.29 is 9.15 Å². The van der Waals surface area contributed by atoms with Crippen molar-refractivity contribution in [2.24, 2.45) is 0 Å². The monoisotopic (exact) mass is 417 g/mol. The molecule has 2 aromatic heterocycles. The van der Waals surface area contributed by atoms with Gasteiger partial charge in [0.05, 0.1) is 25.9 Å². The van der Waals surface area contributed by atoms with Gasteiger partial charge < -0.3 is 14.1 Å². The van der Waals surface area contributed by atoms with Gasteiger partial charge >= 0.3 is 0 Å². The molecular formula is C24H27N5O2. The van der Waals surface area contributed by atoms with Crippen molar-refractivity contribution in [2.45, 2.75) is 36.8 Å². The van der Waals surface area contributed by atoms with Crippen molar-refractivity contribution in [1.82, 2.24) is 19.9 Å². The summed E-state index contributed by atoms with van der Waals surface area (Å²) in [5, 5.41) is 0. The number of oxazole rings is 1. The van der Waals surface area contributed by atoms with E-state index in [-0.39, 0.29) is 5.60 Å². The van der Waals surface area contributed by atoms with Gasteiger partial charge in [0.1, 0.15) is 18.2 Å². The Morgan fingerprint density at radius 1 is 1.03 bits per heavy atom. The van der Waals surface area contributed by atoms with E-state index in [1.165, 1.54) is 24.0 Å². The van der Waals surface area contributed by atoms with Gasteiger partial charge in [0.25, 0.3) is 6.01 Å². The minimum atomic E-state index is -0.0180. The molecular weight excluding hydrogens is 390 g/mol. The maximum Gasteiger partial charge on any atom is 0.297 e. The smallest absolute Gasteiger partial charge is 0.297 e. The summed E-state index contributed by atoms with van der Waals surface area (Å²) >= 11 is 0. The molecule has 0 bridgehead atoms. The van der Waals surface area contributed by atoms with E-state index in [1.54, 1.807) is 18.8 Å². The van der Waals surface area contributed by atoms with E-state index in [2.05, 4.69) is 49.0 Å². The molecule has 31 heavy (non-hydrogen) atoms. The second-order valence-corrected chi connectivity index (χ2v) is 9.05. The number of hydrogen-bond donors (Lipinski definition) is 0. The highest BCUT2D eigenvalue weighted by Crippen LogP contribution is 2.41. The summed E-state index contributed by atoms with van der Waals surface area (Å²) < 4.78 is 11.7. The Kier molecular flexibility index (Phi) is 4.73. The maximum absolute atomic E-state index is 6.29. The van der Waals surface area contributed by atoms with Crippen LogP contribution in [0.3, 0.4) is 0 Å². The topological polar surface area (TPSA) is 67.5 Å². The lowest BCUT2D eigenvalue weighted by atomic mass is 9.84. The zero-order valence-electron chi connectivity index (χ0n) is 17.6. The third kappa shape index (κ3) is 3.51. The molecule has 160 valence electrons. The molecule has 6 rings (SSSR count). The number of benzene rings is 1. The third-order valence-electron chi connectivity index (χ3n) is 7.16. The summed E-state index contributed by atoms with van der Waals surface area (Å²) in [6.45, 7) is 4.84. The standard InChI is InChI=1S/C24H27N5O2/c1-2-4-22(19-12-25-17-26-13-19)21(3-1)18-5-8-28(9-6-18)20-11-24(31-14-20)15-29(16-24)23-27-7-10-30-23/h1-4,7,10,12-13,17-18,20H,5-6,8-9,11,14-16H2. The second-order valence-electron chi connectivity index (χ2n) is 9.05. The number of rotatable bonds is 4. The van der Waals surface area contributed by atoms with Crippen LogP contribution in [0.2, 0.25) is 0 Å². The molecule has 3 aromatic rings. The van der Waals surface area contributed by atoms with Crippen LogP contribution >= 0.6 is 0 Å². The van der Waals surface area contributed by atoms with Crippen molar-refractivity contribution >= 4 is 6.01 Å². The van der Waals surface area contributed by atoms with E-state index in [9.17, 15) is 0 Å². The Bertz CT molecular complexity index is 1010. The first-order valence-corrected chi connectivity index (χ1v) is 11.2. The Hall–Kier alpha value is -2.77. The highest BCUT2D eigenvalue weighted by molar-refractivity contribution is 5.66. The molecule has 0 aliphatic carbocycles. The molecule has 0 amide bonds. The molecule has 3 aliphatic heterocycles. The number of nitrogens with zero attached hydrogens (tertiary/aromatic N) is 5. The lowest BCUT2D eigenvalue weighted by molar-refractivity contribution is -0.0215. The first-order valence-electron chi connectivity index (χ1n) is 11.2. The van der Waals surface area contributed by atoms with E-state index in [1.807, 2.05) is 12.4 Å². The highest BCUT2D eigenvalue weighted by Gasteiger charge is 2.52. The normalized spacial score (nSPS) is 23.9. The van der Waals surface area contributed by atoms with Crippen LogP contribution < -0.4 is 4.90 Å². The van der Waals surface area contributed by atoms with Crippen LogP contribution in [-0.4, -0.2) is 64.3 Å². The largest absolute Gasteiger partial charge is 0.432 e. The lowest BCUT2D eigenvalue weighted by Crippen LogP contribution is -2.62. The van der Waals surface area contributed by atoms with Crippen molar-refractivity contribution in [3.63, 3.8) is 0 Å². The molecule has 7 nitrogen and oxygen atoms in total. The van der Waals surface area contributed by atoms with Crippen LogP contribution in [0.5, 0.6) is 0 Å². The Morgan fingerprint density at radius 2 is 1.84 bits per heavy atom. The molecule has 0 saturated carbocycles. The summed E-state index contributed by atoms with van der Waals surface area (Å²) in [6, 6.07) is 9.97. The number of aromatic nitrogens is 3. The van der Waals surface area contributed by atoms with E-state index in [0.29, 0.717) is 18.0 Å². The summed E-state index contributed by atoms with van der Waals surface area (Å²) in [4.78, 5) is 17.5. The summed E-state index contributed by atoms with van der Waals surface area (Å²) in [6.07, 6.45) is 12.2. The number of anilines is 1. The first kappa shape index (κ1) is 19.0. The molecule has 3 saturated heterocycles. The Labute approximate surface area is 182 Å². The molecule has 3 aliphatic rings. The molecule has 1 unspecified atom stereocenters. The van der Waals surface area contributed by atoms with Crippen molar-refractivity contribution in [2.75, 3.05) is 37.7 Å². The molecule has 5 heterocycles. The molecule has 1 atom stereocenters. The van der Waals surface area contributed by atoms with Crippen molar-refractivity contribution in [3.8, 4) is 11.1 Å². The number of ether oxygens (including phenoxy) is 1. The van der Waals surface area contributed by atoms with Crippen molar-refractivity contribution in [3.05, 3.63) is 61.0 Å². The Morgan fingerprint density at radius 3 is 2.61 bits per heavy atom. The number of piperidine rings is 1. The van der Waals surface area contributed by atoms with Crippen molar-refractivity contribution in [1.29, 1.82) is 0 Å². The fourth-order valence-electron chi connectivity index (χ4n) is 5.56. The van der Waals surface area contributed by atoms with E-state index >= 15 is 0 Å². The molecule has 0 N–H and O–H groups in total. The minimum absolute atomic E-state index is 0.0180.